The van der Waals surface area contributed by atoms with Gasteiger partial charge in [0.15, 0.2) is 0 Å². The molecule has 1 aliphatic heterocycles. The predicted molar refractivity (Wildman–Crippen MR) is 46.3 cm³/mol. The summed E-state index contributed by atoms with van der Waals surface area (Å²) in [5.74, 6) is 0.869. The summed E-state index contributed by atoms with van der Waals surface area (Å²) in [5.41, 5.74) is 7.37. The second-order valence-corrected chi connectivity index (χ2v) is 3.66. The molecule has 1 atom stereocenters. The van der Waals surface area contributed by atoms with Crippen LogP contribution in [-0.2, 0) is 0 Å². The van der Waals surface area contributed by atoms with Crippen LogP contribution in [0.4, 0.5) is 0 Å². The molecule has 0 aromatic rings. The fraction of sp³-hybridized carbons (Fsp3) is 0.778. The molecule has 1 unspecified atom stereocenters. The normalized spacial score (nSPS) is 32.8. The smallest absolute Gasteiger partial charge is 0.0354 e. The highest BCUT2D eigenvalue weighted by molar-refractivity contribution is 5.17. The van der Waals surface area contributed by atoms with Gasteiger partial charge in [0.2, 0.25) is 0 Å². The summed E-state index contributed by atoms with van der Waals surface area (Å²) in [5, 5.41) is 3.34. The van der Waals surface area contributed by atoms with E-state index < -0.39 is 0 Å². The SMILES string of the molecule is NC1C=C(C2CCC2)CNC1. The quantitative estimate of drug-likeness (QED) is 0.541. The largest absolute Gasteiger partial charge is 0.323 e. The number of hydrogen-bond donors (Lipinski definition) is 2. The van der Waals surface area contributed by atoms with Crippen molar-refractivity contribution in [2.75, 3.05) is 13.1 Å². The molecule has 2 heteroatoms. The second kappa shape index (κ2) is 2.95. The van der Waals surface area contributed by atoms with E-state index in [1.807, 2.05) is 0 Å². The topological polar surface area (TPSA) is 38.0 Å². The Hall–Kier alpha value is -0.340. The molecule has 1 aliphatic carbocycles. The van der Waals surface area contributed by atoms with Gasteiger partial charge in [0.05, 0.1) is 0 Å². The number of rotatable bonds is 1. The van der Waals surface area contributed by atoms with Gasteiger partial charge in [0.25, 0.3) is 0 Å². The highest BCUT2D eigenvalue weighted by Crippen LogP contribution is 2.33. The van der Waals surface area contributed by atoms with Crippen LogP contribution >= 0.6 is 0 Å². The average Bonchev–Trinajstić information content (AvgIpc) is 1.83. The summed E-state index contributed by atoms with van der Waals surface area (Å²) in [6.45, 7) is 2.04. The Morgan fingerprint density at radius 3 is 2.82 bits per heavy atom. The van der Waals surface area contributed by atoms with Crippen LogP contribution in [0.2, 0.25) is 0 Å². The van der Waals surface area contributed by atoms with E-state index in [2.05, 4.69) is 11.4 Å². The first-order valence-corrected chi connectivity index (χ1v) is 4.53. The lowest BCUT2D eigenvalue weighted by Gasteiger charge is -2.31. The van der Waals surface area contributed by atoms with E-state index in [1.165, 1.54) is 19.3 Å². The van der Waals surface area contributed by atoms with E-state index >= 15 is 0 Å². The highest BCUT2D eigenvalue weighted by Gasteiger charge is 2.23. The molecule has 11 heavy (non-hydrogen) atoms. The molecular weight excluding hydrogens is 136 g/mol. The molecule has 1 heterocycles. The lowest BCUT2D eigenvalue weighted by Crippen LogP contribution is -2.40. The molecule has 3 N–H and O–H groups in total. The molecule has 1 saturated carbocycles. The van der Waals surface area contributed by atoms with Gasteiger partial charge in [-0.1, -0.05) is 18.1 Å². The Kier molecular flexibility index (Phi) is 1.96. The van der Waals surface area contributed by atoms with Crippen molar-refractivity contribution in [2.45, 2.75) is 25.3 Å². The number of nitrogens with one attached hydrogen (secondary N) is 1. The van der Waals surface area contributed by atoms with Crippen LogP contribution in [0.3, 0.4) is 0 Å². The summed E-state index contributed by atoms with van der Waals surface area (Å²) in [6, 6.07) is 0.263. The lowest BCUT2D eigenvalue weighted by atomic mass is 9.78. The van der Waals surface area contributed by atoms with Gasteiger partial charge in [-0.2, -0.15) is 0 Å². The minimum absolute atomic E-state index is 0.263. The molecule has 2 rings (SSSR count). The molecule has 0 amide bonds. The zero-order valence-corrected chi connectivity index (χ0v) is 6.84. The Morgan fingerprint density at radius 1 is 1.45 bits per heavy atom. The van der Waals surface area contributed by atoms with Crippen molar-refractivity contribution in [1.82, 2.24) is 5.32 Å². The Labute approximate surface area is 67.8 Å². The summed E-state index contributed by atoms with van der Waals surface area (Å²) >= 11 is 0. The van der Waals surface area contributed by atoms with Crippen LogP contribution in [0.1, 0.15) is 19.3 Å². The zero-order chi connectivity index (χ0) is 7.68. The van der Waals surface area contributed by atoms with Crippen LogP contribution in [-0.4, -0.2) is 19.1 Å². The van der Waals surface area contributed by atoms with Gasteiger partial charge in [0.1, 0.15) is 0 Å². The van der Waals surface area contributed by atoms with Gasteiger partial charge >= 0.3 is 0 Å². The molecule has 1 fully saturated rings. The van der Waals surface area contributed by atoms with Crippen LogP contribution in [0, 0.1) is 5.92 Å². The Morgan fingerprint density at radius 2 is 2.27 bits per heavy atom. The van der Waals surface area contributed by atoms with Crippen molar-refractivity contribution >= 4 is 0 Å². The van der Waals surface area contributed by atoms with Crippen molar-refractivity contribution in [3.05, 3.63) is 11.6 Å². The van der Waals surface area contributed by atoms with E-state index in [0.29, 0.717) is 0 Å². The van der Waals surface area contributed by atoms with Crippen LogP contribution < -0.4 is 11.1 Å². The first-order valence-electron chi connectivity index (χ1n) is 4.53. The van der Waals surface area contributed by atoms with Gasteiger partial charge in [-0.3, -0.25) is 0 Å². The molecule has 0 bridgehead atoms. The second-order valence-electron chi connectivity index (χ2n) is 3.66. The molecule has 0 radical (unpaired) electrons. The first kappa shape index (κ1) is 7.32. The van der Waals surface area contributed by atoms with Crippen LogP contribution in [0.15, 0.2) is 11.6 Å². The van der Waals surface area contributed by atoms with E-state index in [9.17, 15) is 0 Å². The molecule has 0 saturated heterocycles. The van der Waals surface area contributed by atoms with Gasteiger partial charge in [-0.25, -0.2) is 0 Å². The third-order valence-electron chi connectivity index (χ3n) is 2.77. The monoisotopic (exact) mass is 152 g/mol. The molecule has 62 valence electrons. The van der Waals surface area contributed by atoms with Crippen molar-refractivity contribution in [3.63, 3.8) is 0 Å². The van der Waals surface area contributed by atoms with E-state index in [0.717, 1.165) is 19.0 Å². The molecular formula is C9H16N2. The van der Waals surface area contributed by atoms with Gasteiger partial charge < -0.3 is 11.1 Å². The summed E-state index contributed by atoms with van der Waals surface area (Å²) in [6.07, 6.45) is 6.46. The summed E-state index contributed by atoms with van der Waals surface area (Å²) in [7, 11) is 0. The number of nitrogens with two attached hydrogens (primary N) is 1. The van der Waals surface area contributed by atoms with Crippen molar-refractivity contribution in [1.29, 1.82) is 0 Å². The molecule has 2 aliphatic rings. The maximum absolute atomic E-state index is 5.80. The Bertz CT molecular complexity index is 170. The zero-order valence-electron chi connectivity index (χ0n) is 6.84. The maximum atomic E-state index is 5.80. The van der Waals surface area contributed by atoms with Gasteiger partial charge in [0, 0.05) is 19.1 Å². The van der Waals surface area contributed by atoms with Crippen molar-refractivity contribution in [2.24, 2.45) is 11.7 Å². The minimum atomic E-state index is 0.263. The summed E-state index contributed by atoms with van der Waals surface area (Å²) < 4.78 is 0. The van der Waals surface area contributed by atoms with E-state index in [1.54, 1.807) is 5.57 Å². The third-order valence-corrected chi connectivity index (χ3v) is 2.77. The van der Waals surface area contributed by atoms with E-state index in [-0.39, 0.29) is 6.04 Å². The Balaban J connectivity index is 1.99. The first-order chi connectivity index (χ1) is 5.36. The maximum Gasteiger partial charge on any atom is 0.0354 e. The molecule has 0 spiro atoms. The summed E-state index contributed by atoms with van der Waals surface area (Å²) in [4.78, 5) is 0. The minimum Gasteiger partial charge on any atom is -0.323 e. The van der Waals surface area contributed by atoms with Gasteiger partial charge in [-0.15, -0.1) is 0 Å². The number of hydrogen-bond acceptors (Lipinski definition) is 2. The van der Waals surface area contributed by atoms with E-state index in [4.69, 9.17) is 5.73 Å². The molecule has 2 nitrogen and oxygen atoms in total. The van der Waals surface area contributed by atoms with Crippen molar-refractivity contribution < 1.29 is 0 Å². The van der Waals surface area contributed by atoms with Crippen LogP contribution in [0.25, 0.3) is 0 Å². The lowest BCUT2D eigenvalue weighted by molar-refractivity contribution is 0.352. The average molecular weight is 152 g/mol. The highest BCUT2D eigenvalue weighted by atomic mass is 14.9. The fourth-order valence-corrected chi connectivity index (χ4v) is 1.84. The fourth-order valence-electron chi connectivity index (χ4n) is 1.84. The molecule has 0 aromatic heterocycles. The standard InChI is InChI=1S/C9H16N2/c10-9-4-8(5-11-6-9)7-2-1-3-7/h4,7,9,11H,1-3,5-6,10H2. The third kappa shape index (κ3) is 1.47. The molecule has 0 aromatic carbocycles. The van der Waals surface area contributed by atoms with Crippen LogP contribution in [0.5, 0.6) is 0 Å². The predicted octanol–water partition coefficient (Wildman–Crippen LogP) is 0.643. The van der Waals surface area contributed by atoms with Gasteiger partial charge in [-0.05, 0) is 18.8 Å². The van der Waals surface area contributed by atoms with Crippen molar-refractivity contribution in [3.8, 4) is 0 Å².